The second kappa shape index (κ2) is 8.44. The van der Waals surface area contributed by atoms with E-state index in [-0.39, 0.29) is 17.6 Å². The summed E-state index contributed by atoms with van der Waals surface area (Å²) in [5.41, 5.74) is 5.01. The van der Waals surface area contributed by atoms with Crippen LogP contribution >= 0.6 is 0 Å². The lowest BCUT2D eigenvalue weighted by Crippen LogP contribution is -2.51. The molecule has 0 aromatic carbocycles. The fourth-order valence-corrected chi connectivity index (χ4v) is 1.87. The lowest BCUT2D eigenvalue weighted by Gasteiger charge is -2.38. The minimum atomic E-state index is -0.706. The number of aliphatic hydroxyl groups excluding tert-OH is 1. The van der Waals surface area contributed by atoms with Crippen molar-refractivity contribution in [3.63, 3.8) is 0 Å². The van der Waals surface area contributed by atoms with Crippen molar-refractivity contribution in [1.29, 1.82) is 0 Å². The molecular weight excluding hydrogens is 270 g/mol. The van der Waals surface area contributed by atoms with Crippen molar-refractivity contribution >= 4 is 0 Å². The quantitative estimate of drug-likeness (QED) is 0.717. The molecule has 0 saturated heterocycles. The van der Waals surface area contributed by atoms with Gasteiger partial charge in [-0.1, -0.05) is 6.92 Å². The SMILES string of the molecule is COC(COC(C)(C)C)C(OC(C)(C)C)C(O)C(C)CN. The highest BCUT2D eigenvalue weighted by atomic mass is 16.6. The summed E-state index contributed by atoms with van der Waals surface area (Å²) >= 11 is 0. The van der Waals surface area contributed by atoms with E-state index in [2.05, 4.69) is 0 Å². The average Bonchev–Trinajstić information content (AvgIpc) is 2.33. The molecule has 128 valence electrons. The van der Waals surface area contributed by atoms with Crippen LogP contribution in [-0.2, 0) is 14.2 Å². The third kappa shape index (κ3) is 8.73. The van der Waals surface area contributed by atoms with Crippen LogP contribution in [0.25, 0.3) is 0 Å². The Kier molecular flexibility index (Phi) is 8.36. The van der Waals surface area contributed by atoms with E-state index in [0.29, 0.717) is 13.2 Å². The smallest absolute Gasteiger partial charge is 0.113 e. The van der Waals surface area contributed by atoms with Crippen LogP contribution < -0.4 is 5.73 Å². The molecule has 0 spiro atoms. The summed E-state index contributed by atoms with van der Waals surface area (Å²) in [6.07, 6.45) is -1.55. The van der Waals surface area contributed by atoms with Crippen molar-refractivity contribution in [3.8, 4) is 0 Å². The van der Waals surface area contributed by atoms with Gasteiger partial charge in [-0.15, -0.1) is 0 Å². The van der Waals surface area contributed by atoms with E-state index in [9.17, 15) is 5.11 Å². The number of hydrogen-bond donors (Lipinski definition) is 2. The third-order valence-electron chi connectivity index (χ3n) is 3.13. The van der Waals surface area contributed by atoms with Gasteiger partial charge in [0.05, 0.1) is 23.9 Å². The summed E-state index contributed by atoms with van der Waals surface area (Å²) < 4.78 is 17.3. The monoisotopic (exact) mass is 305 g/mol. The largest absolute Gasteiger partial charge is 0.390 e. The second-order valence-corrected chi connectivity index (χ2v) is 7.60. The van der Waals surface area contributed by atoms with Gasteiger partial charge in [0.25, 0.3) is 0 Å². The van der Waals surface area contributed by atoms with Crippen LogP contribution in [-0.4, -0.2) is 54.9 Å². The fraction of sp³-hybridized carbons (Fsp3) is 1.00. The third-order valence-corrected chi connectivity index (χ3v) is 3.13. The van der Waals surface area contributed by atoms with E-state index in [1.165, 1.54) is 0 Å². The maximum atomic E-state index is 10.5. The van der Waals surface area contributed by atoms with Gasteiger partial charge in [0, 0.05) is 7.11 Å². The second-order valence-electron chi connectivity index (χ2n) is 7.60. The first-order valence-corrected chi connectivity index (χ1v) is 7.64. The van der Waals surface area contributed by atoms with Crippen LogP contribution in [0.2, 0.25) is 0 Å². The molecule has 0 rings (SSSR count). The summed E-state index contributed by atoms with van der Waals surface area (Å²) in [4.78, 5) is 0. The van der Waals surface area contributed by atoms with Crippen LogP contribution in [0, 0.1) is 5.92 Å². The summed E-state index contributed by atoms with van der Waals surface area (Å²) in [5, 5.41) is 10.5. The van der Waals surface area contributed by atoms with E-state index in [1.54, 1.807) is 7.11 Å². The summed E-state index contributed by atoms with van der Waals surface area (Å²) in [6, 6.07) is 0. The molecule has 5 nitrogen and oxygen atoms in total. The molecule has 0 aromatic rings. The first-order chi connectivity index (χ1) is 9.41. The van der Waals surface area contributed by atoms with E-state index < -0.39 is 17.8 Å². The van der Waals surface area contributed by atoms with Gasteiger partial charge in [-0.3, -0.25) is 0 Å². The molecule has 0 fully saturated rings. The number of rotatable bonds is 8. The van der Waals surface area contributed by atoms with E-state index in [4.69, 9.17) is 19.9 Å². The highest BCUT2D eigenvalue weighted by molar-refractivity contribution is 4.85. The maximum Gasteiger partial charge on any atom is 0.113 e. The Balaban J connectivity index is 5.04. The molecule has 0 aliphatic heterocycles. The molecular formula is C16H35NO4. The van der Waals surface area contributed by atoms with Crippen molar-refractivity contribution in [2.45, 2.75) is 78.0 Å². The first kappa shape index (κ1) is 20.8. The fourth-order valence-electron chi connectivity index (χ4n) is 1.87. The van der Waals surface area contributed by atoms with Crippen LogP contribution in [0.1, 0.15) is 48.5 Å². The minimum Gasteiger partial charge on any atom is -0.390 e. The van der Waals surface area contributed by atoms with Gasteiger partial charge in [-0.05, 0) is 54.0 Å². The average molecular weight is 305 g/mol. The minimum absolute atomic E-state index is 0.0790. The van der Waals surface area contributed by atoms with Gasteiger partial charge in [-0.25, -0.2) is 0 Å². The number of methoxy groups -OCH3 is 1. The number of aliphatic hydroxyl groups is 1. The molecule has 3 N–H and O–H groups in total. The number of hydrogen-bond acceptors (Lipinski definition) is 5. The summed E-state index contributed by atoms with van der Waals surface area (Å²) in [7, 11) is 1.61. The molecule has 0 amide bonds. The highest BCUT2D eigenvalue weighted by Gasteiger charge is 2.36. The predicted octanol–water partition coefficient (Wildman–Crippen LogP) is 1.96. The Morgan fingerprint density at radius 3 is 1.90 bits per heavy atom. The summed E-state index contributed by atoms with van der Waals surface area (Å²) in [6.45, 7) is 14.5. The Bertz CT molecular complexity index is 283. The molecule has 0 radical (unpaired) electrons. The molecule has 0 aromatic heterocycles. The predicted molar refractivity (Wildman–Crippen MR) is 85.4 cm³/mol. The van der Waals surface area contributed by atoms with Gasteiger partial charge < -0.3 is 25.1 Å². The van der Waals surface area contributed by atoms with Gasteiger partial charge in [0.1, 0.15) is 12.2 Å². The van der Waals surface area contributed by atoms with Gasteiger partial charge in [-0.2, -0.15) is 0 Å². The van der Waals surface area contributed by atoms with Crippen LogP contribution in [0.3, 0.4) is 0 Å². The standard InChI is InChI=1S/C16H35NO4/c1-11(9-17)13(18)14(21-16(5,6)7)12(19-8)10-20-15(2,3)4/h11-14,18H,9-10,17H2,1-8H3. The molecule has 0 aliphatic carbocycles. The van der Waals surface area contributed by atoms with Crippen molar-refractivity contribution in [2.75, 3.05) is 20.3 Å². The Morgan fingerprint density at radius 2 is 1.57 bits per heavy atom. The lowest BCUT2D eigenvalue weighted by molar-refractivity contribution is -0.190. The molecule has 4 atom stereocenters. The highest BCUT2D eigenvalue weighted by Crippen LogP contribution is 2.22. The van der Waals surface area contributed by atoms with Crippen molar-refractivity contribution < 1.29 is 19.3 Å². The summed E-state index contributed by atoms with van der Waals surface area (Å²) in [5.74, 6) is -0.0790. The van der Waals surface area contributed by atoms with Crippen LogP contribution in [0.5, 0.6) is 0 Å². The molecule has 0 heterocycles. The molecule has 0 saturated carbocycles. The van der Waals surface area contributed by atoms with E-state index in [0.717, 1.165) is 0 Å². The zero-order valence-electron chi connectivity index (χ0n) is 15.0. The van der Waals surface area contributed by atoms with Gasteiger partial charge >= 0.3 is 0 Å². The van der Waals surface area contributed by atoms with Crippen molar-refractivity contribution in [1.82, 2.24) is 0 Å². The van der Waals surface area contributed by atoms with E-state index in [1.807, 2.05) is 48.5 Å². The normalized spacial score (nSPS) is 19.1. The molecule has 0 aliphatic rings. The van der Waals surface area contributed by atoms with Crippen molar-refractivity contribution in [2.24, 2.45) is 11.7 Å². The first-order valence-electron chi connectivity index (χ1n) is 7.64. The van der Waals surface area contributed by atoms with Crippen molar-refractivity contribution in [3.05, 3.63) is 0 Å². The number of nitrogens with two attached hydrogens (primary N) is 1. The Hall–Kier alpha value is -0.200. The zero-order valence-corrected chi connectivity index (χ0v) is 15.0. The van der Waals surface area contributed by atoms with Gasteiger partial charge in [0.15, 0.2) is 0 Å². The van der Waals surface area contributed by atoms with Crippen LogP contribution in [0.15, 0.2) is 0 Å². The molecule has 5 heteroatoms. The van der Waals surface area contributed by atoms with Gasteiger partial charge in [0.2, 0.25) is 0 Å². The van der Waals surface area contributed by atoms with E-state index >= 15 is 0 Å². The Morgan fingerprint density at radius 1 is 1.05 bits per heavy atom. The molecule has 0 bridgehead atoms. The molecule has 4 unspecified atom stereocenters. The van der Waals surface area contributed by atoms with Crippen LogP contribution in [0.4, 0.5) is 0 Å². The number of ether oxygens (including phenoxy) is 3. The Labute approximate surface area is 130 Å². The lowest BCUT2D eigenvalue weighted by atomic mass is 9.95. The maximum absolute atomic E-state index is 10.5. The topological polar surface area (TPSA) is 73.9 Å². The zero-order chi connectivity index (χ0) is 16.8. The molecule has 21 heavy (non-hydrogen) atoms.